The van der Waals surface area contributed by atoms with E-state index in [1.165, 1.54) is 14.2 Å². The van der Waals surface area contributed by atoms with E-state index >= 15 is 0 Å². The number of likely N-dealkylation sites (tertiary alicyclic amines) is 2. The number of H-pyrrole nitrogens is 2. The number of fused-ring (bicyclic) bond motifs is 8. The van der Waals surface area contributed by atoms with Crippen molar-refractivity contribution in [2.24, 2.45) is 29.6 Å². The van der Waals surface area contributed by atoms with E-state index in [0.29, 0.717) is 50.4 Å². The van der Waals surface area contributed by atoms with Gasteiger partial charge in [0.2, 0.25) is 11.8 Å². The monoisotopic (exact) mass is 876 g/mol. The van der Waals surface area contributed by atoms with Gasteiger partial charge in [0.05, 0.1) is 48.4 Å². The molecule has 11 rings (SSSR count). The fraction of sp³-hybridized carbons (Fsp3) is 0.440. The van der Waals surface area contributed by atoms with Crippen molar-refractivity contribution in [1.29, 1.82) is 0 Å². The van der Waals surface area contributed by atoms with Crippen LogP contribution < -0.4 is 10.6 Å². The Morgan fingerprint density at radius 3 is 2.00 bits per heavy atom. The highest BCUT2D eigenvalue weighted by molar-refractivity contribution is 6.06. The van der Waals surface area contributed by atoms with Gasteiger partial charge in [-0.1, -0.05) is 50.0 Å². The third kappa shape index (κ3) is 7.37. The average molecular weight is 877 g/mol. The van der Waals surface area contributed by atoms with E-state index < -0.39 is 24.3 Å². The highest BCUT2D eigenvalue weighted by atomic mass is 16.5. The SMILES string of the molecule is COC(=O)N[C@H](C(=O)N1C[C@@H]2C[C@@H]2[C@@H]1c1nc2c(ccc3cc(C#Cc4ccc5c(ccc6[nH]c([C@@H]7C[C@H]8C[C@H]8N7C(=O)[C@@H](NC(=O)OC)C7CCOCC7)nc65)c4)ccc32)[nH]1)C(C)C. The summed E-state index contributed by atoms with van der Waals surface area (Å²) in [5.74, 6) is 9.13. The maximum Gasteiger partial charge on any atom is 0.407 e. The zero-order chi connectivity index (χ0) is 44.7. The minimum atomic E-state index is -0.692. The molecule has 15 heteroatoms. The summed E-state index contributed by atoms with van der Waals surface area (Å²) in [5, 5.41) is 9.64. The molecule has 5 aliphatic rings. The van der Waals surface area contributed by atoms with Crippen LogP contribution in [-0.4, -0.2) is 106 Å². The molecule has 0 radical (unpaired) electrons. The van der Waals surface area contributed by atoms with Crippen LogP contribution in [0.4, 0.5) is 9.59 Å². The number of amides is 4. The number of nitrogens with one attached hydrogen (secondary N) is 4. The molecule has 3 aliphatic heterocycles. The summed E-state index contributed by atoms with van der Waals surface area (Å²) in [6.07, 6.45) is 3.02. The van der Waals surface area contributed by atoms with Gasteiger partial charge in [0.1, 0.15) is 23.7 Å². The van der Waals surface area contributed by atoms with Crippen molar-refractivity contribution in [3.63, 3.8) is 0 Å². The molecule has 2 saturated carbocycles. The zero-order valence-corrected chi connectivity index (χ0v) is 36.9. The van der Waals surface area contributed by atoms with Crippen LogP contribution in [0, 0.1) is 41.4 Å². The van der Waals surface area contributed by atoms with Crippen molar-refractivity contribution >= 4 is 67.6 Å². The van der Waals surface area contributed by atoms with E-state index in [1.54, 1.807) is 0 Å². The Morgan fingerprint density at radius 2 is 1.37 bits per heavy atom. The molecule has 0 spiro atoms. The maximum atomic E-state index is 14.3. The van der Waals surface area contributed by atoms with Crippen LogP contribution in [0.1, 0.15) is 80.8 Å². The van der Waals surface area contributed by atoms with Crippen LogP contribution in [0.15, 0.2) is 60.7 Å². The Labute approximate surface area is 375 Å². The van der Waals surface area contributed by atoms with Gasteiger partial charge in [0.15, 0.2) is 0 Å². The first kappa shape index (κ1) is 41.1. The maximum absolute atomic E-state index is 14.3. The highest BCUT2D eigenvalue weighted by Crippen LogP contribution is 2.57. The molecule has 0 bridgehead atoms. The third-order valence-electron chi connectivity index (χ3n) is 14.6. The zero-order valence-electron chi connectivity index (χ0n) is 36.9. The summed E-state index contributed by atoms with van der Waals surface area (Å²) in [5.41, 5.74) is 5.26. The second kappa shape index (κ2) is 16.1. The van der Waals surface area contributed by atoms with Crippen molar-refractivity contribution in [2.45, 2.75) is 76.2 Å². The van der Waals surface area contributed by atoms with E-state index in [0.717, 1.165) is 85.6 Å². The van der Waals surface area contributed by atoms with Gasteiger partial charge < -0.3 is 44.6 Å². The van der Waals surface area contributed by atoms with Crippen LogP contribution in [0.3, 0.4) is 0 Å². The van der Waals surface area contributed by atoms with Gasteiger partial charge in [-0.15, -0.1) is 0 Å². The van der Waals surface area contributed by atoms with Gasteiger partial charge in [0, 0.05) is 47.7 Å². The number of hydrogen-bond acceptors (Lipinski definition) is 9. The molecule has 4 amide bonds. The minimum absolute atomic E-state index is 0.0303. The number of carbonyl (C=O) groups is 4. The lowest BCUT2D eigenvalue weighted by Gasteiger charge is -2.35. The number of carbonyl (C=O) groups excluding carboxylic acids is 4. The number of rotatable bonds is 8. The van der Waals surface area contributed by atoms with Crippen LogP contribution in [-0.2, 0) is 23.8 Å². The molecule has 334 valence electrons. The number of alkyl carbamates (subject to hydrolysis) is 2. The van der Waals surface area contributed by atoms with Gasteiger partial charge in [-0.25, -0.2) is 19.6 Å². The lowest BCUT2D eigenvalue weighted by molar-refractivity contribution is -0.138. The minimum Gasteiger partial charge on any atom is -0.453 e. The summed E-state index contributed by atoms with van der Waals surface area (Å²) in [7, 11) is 2.62. The Hall–Kier alpha value is -6.66. The second-order valence-corrected chi connectivity index (χ2v) is 18.9. The van der Waals surface area contributed by atoms with Crippen LogP contribution in [0.2, 0.25) is 0 Å². The number of aromatic nitrogens is 4. The first-order valence-electron chi connectivity index (χ1n) is 22.8. The topological polar surface area (TPSA) is 184 Å². The first-order chi connectivity index (χ1) is 31.6. The van der Waals surface area contributed by atoms with Gasteiger partial charge >= 0.3 is 12.2 Å². The normalized spacial score (nSPS) is 24.4. The van der Waals surface area contributed by atoms with Crippen molar-refractivity contribution in [1.82, 2.24) is 40.4 Å². The molecule has 15 nitrogen and oxygen atoms in total. The van der Waals surface area contributed by atoms with Crippen molar-refractivity contribution in [3.8, 4) is 11.8 Å². The van der Waals surface area contributed by atoms with Crippen molar-refractivity contribution < 1.29 is 33.4 Å². The van der Waals surface area contributed by atoms with Gasteiger partial charge in [-0.2, -0.15) is 0 Å². The Morgan fingerprint density at radius 1 is 0.754 bits per heavy atom. The average Bonchev–Trinajstić information content (AvgIpc) is 3.97. The predicted octanol–water partition coefficient (Wildman–Crippen LogP) is 6.86. The number of methoxy groups -OCH3 is 2. The van der Waals surface area contributed by atoms with Crippen LogP contribution in [0.25, 0.3) is 43.6 Å². The van der Waals surface area contributed by atoms with Crippen LogP contribution >= 0.6 is 0 Å². The summed E-state index contributed by atoms with van der Waals surface area (Å²) >= 11 is 0. The molecule has 0 unspecified atom stereocenters. The second-order valence-electron chi connectivity index (χ2n) is 18.9. The Bertz CT molecular complexity index is 2980. The molecule has 5 heterocycles. The number of aromatic amines is 2. The molecule has 5 fully saturated rings. The molecule has 4 N–H and O–H groups in total. The smallest absolute Gasteiger partial charge is 0.407 e. The predicted molar refractivity (Wildman–Crippen MR) is 242 cm³/mol. The number of nitrogens with zero attached hydrogens (tertiary/aromatic N) is 4. The molecule has 3 saturated heterocycles. The van der Waals surface area contributed by atoms with E-state index in [1.807, 2.05) is 47.9 Å². The molecule has 2 aliphatic carbocycles. The molecule has 2 aromatic heterocycles. The van der Waals surface area contributed by atoms with Gasteiger partial charge in [-0.3, -0.25) is 9.59 Å². The number of hydrogen-bond donors (Lipinski definition) is 4. The Kier molecular flexibility index (Phi) is 10.2. The molecule has 6 aromatic rings. The van der Waals surface area contributed by atoms with E-state index in [-0.39, 0.29) is 41.8 Å². The molecule has 8 atom stereocenters. The van der Waals surface area contributed by atoms with E-state index in [4.69, 9.17) is 24.2 Å². The fourth-order valence-electron chi connectivity index (χ4n) is 11.0. The standard InChI is InChI=1S/C50H52N8O7/c1-25(2)40(55-49(61)63-3)47(59)57-24-32-21-35(32)44(57)46-52-37-14-10-30-20-27(8-12-34(30)43(37)54-46)6-5-26-7-11-33-29(19-26)9-13-36-42(33)53-45(51-36)39-23-31-22-38(31)58(39)48(60)41(56-50(62)64-4)28-15-17-65-18-16-28/h7-14,19-20,25,28,31-32,35,38-41,44H,15-18,21-24H2,1-4H3,(H,51,53)(H,52,54)(H,55,61)(H,56,62)/t31-,32+,35+,38-,39+,40+,41+,44-/m1/s1. The molecular weight excluding hydrogens is 825 g/mol. The quantitative estimate of drug-likeness (QED) is 0.119. The third-order valence-corrected chi connectivity index (χ3v) is 14.6. The lowest BCUT2D eigenvalue weighted by atomic mass is 9.90. The van der Waals surface area contributed by atoms with Gasteiger partial charge in [-0.05, 0) is 109 Å². The Balaban J connectivity index is 0.826. The van der Waals surface area contributed by atoms with Gasteiger partial charge in [0.25, 0.3) is 0 Å². The molecule has 4 aromatic carbocycles. The number of ether oxygens (including phenoxy) is 3. The van der Waals surface area contributed by atoms with Crippen molar-refractivity contribution in [2.75, 3.05) is 34.0 Å². The number of imidazole rings is 2. The summed E-state index contributed by atoms with van der Waals surface area (Å²) in [6, 6.07) is 18.9. The highest BCUT2D eigenvalue weighted by Gasteiger charge is 2.58. The van der Waals surface area contributed by atoms with E-state index in [2.05, 4.69) is 68.8 Å². The number of benzene rings is 4. The lowest BCUT2D eigenvalue weighted by Crippen LogP contribution is -2.54. The summed E-state index contributed by atoms with van der Waals surface area (Å²) in [6.45, 7) is 5.61. The fourth-order valence-corrected chi connectivity index (χ4v) is 11.0. The first-order valence-corrected chi connectivity index (χ1v) is 22.8. The number of piperidine rings is 2. The largest absolute Gasteiger partial charge is 0.453 e. The van der Waals surface area contributed by atoms with Crippen molar-refractivity contribution in [3.05, 3.63) is 83.4 Å². The molecule has 65 heavy (non-hydrogen) atoms. The van der Waals surface area contributed by atoms with E-state index in [9.17, 15) is 19.2 Å². The molecular formula is C50H52N8O7. The summed E-state index contributed by atoms with van der Waals surface area (Å²) in [4.78, 5) is 74.0. The summed E-state index contributed by atoms with van der Waals surface area (Å²) < 4.78 is 15.3. The van der Waals surface area contributed by atoms with Crippen LogP contribution in [0.5, 0.6) is 0 Å².